The Morgan fingerprint density at radius 2 is 1.67 bits per heavy atom. The van der Waals surface area contributed by atoms with E-state index in [4.69, 9.17) is 0 Å². The zero-order valence-corrected chi connectivity index (χ0v) is 19.7. The maximum Gasteiger partial charge on any atom is 0.243 e. The van der Waals surface area contributed by atoms with Crippen LogP contribution >= 0.6 is 0 Å². The van der Waals surface area contributed by atoms with Crippen molar-refractivity contribution in [3.8, 4) is 0 Å². The third-order valence-electron chi connectivity index (χ3n) is 6.18. The van der Waals surface area contributed by atoms with Gasteiger partial charge in [0.25, 0.3) is 0 Å². The summed E-state index contributed by atoms with van der Waals surface area (Å²) in [7, 11) is -3.81. The van der Waals surface area contributed by atoms with Crippen LogP contribution in [0.15, 0.2) is 83.8 Å². The van der Waals surface area contributed by atoms with Crippen LogP contribution < -0.4 is 5.32 Å². The second-order valence-corrected chi connectivity index (χ2v) is 10.5. The number of nitrogens with zero attached hydrogens (tertiary/aromatic N) is 1. The second kappa shape index (κ2) is 10.3. The topological polar surface area (TPSA) is 66.5 Å². The minimum atomic E-state index is -3.81. The van der Waals surface area contributed by atoms with E-state index in [-0.39, 0.29) is 29.9 Å². The molecule has 5 nitrogen and oxygen atoms in total. The van der Waals surface area contributed by atoms with Crippen molar-refractivity contribution in [2.75, 3.05) is 13.1 Å². The van der Waals surface area contributed by atoms with Gasteiger partial charge in [0, 0.05) is 6.54 Å². The summed E-state index contributed by atoms with van der Waals surface area (Å²) in [5.74, 6) is -0.277. The summed E-state index contributed by atoms with van der Waals surface area (Å²) in [4.78, 5) is 13.3. The van der Waals surface area contributed by atoms with Gasteiger partial charge in [-0.15, -0.1) is 0 Å². The lowest BCUT2D eigenvalue weighted by Gasteiger charge is -2.28. The summed E-state index contributed by atoms with van der Waals surface area (Å²) in [5.41, 5.74) is 4.40. The van der Waals surface area contributed by atoms with E-state index in [0.29, 0.717) is 6.42 Å². The molecule has 3 aromatic rings. The summed E-state index contributed by atoms with van der Waals surface area (Å²) >= 11 is 0. The van der Waals surface area contributed by atoms with Crippen molar-refractivity contribution in [2.45, 2.75) is 43.5 Å². The molecule has 1 aliphatic carbocycles. The summed E-state index contributed by atoms with van der Waals surface area (Å²) in [6, 6.07) is 24.6. The Morgan fingerprint density at radius 3 is 2.42 bits per heavy atom. The van der Waals surface area contributed by atoms with E-state index in [0.717, 1.165) is 36.0 Å². The molecule has 3 aromatic carbocycles. The average Bonchev–Trinajstić information content (AvgIpc) is 2.83. The van der Waals surface area contributed by atoms with Gasteiger partial charge in [-0.25, -0.2) is 8.42 Å². The second-order valence-electron chi connectivity index (χ2n) is 8.60. The Hall–Kier alpha value is -2.96. The quantitative estimate of drug-likeness (QED) is 0.539. The number of nitrogens with one attached hydrogen (secondary N) is 1. The van der Waals surface area contributed by atoms with Gasteiger partial charge in [0.2, 0.25) is 15.9 Å². The molecule has 1 atom stereocenters. The highest BCUT2D eigenvalue weighted by Crippen LogP contribution is 2.29. The Morgan fingerprint density at radius 1 is 0.970 bits per heavy atom. The van der Waals surface area contributed by atoms with E-state index in [9.17, 15) is 13.2 Å². The maximum absolute atomic E-state index is 13.4. The number of fused-ring (bicyclic) bond motifs is 1. The third kappa shape index (κ3) is 5.70. The molecular weight excluding hydrogens is 432 g/mol. The molecule has 0 aromatic heterocycles. The number of carbonyl (C=O) groups is 1. The fraction of sp³-hybridized carbons (Fsp3) is 0.296. The fourth-order valence-corrected chi connectivity index (χ4v) is 5.74. The zero-order valence-electron chi connectivity index (χ0n) is 18.9. The Balaban J connectivity index is 1.53. The predicted molar refractivity (Wildman–Crippen MR) is 130 cm³/mol. The maximum atomic E-state index is 13.4. The first-order valence-electron chi connectivity index (χ1n) is 11.4. The number of sulfonamides is 1. The zero-order chi connectivity index (χ0) is 23.3. The van der Waals surface area contributed by atoms with E-state index in [1.807, 2.05) is 49.4 Å². The lowest BCUT2D eigenvalue weighted by molar-refractivity contribution is -0.122. The highest BCUT2D eigenvalue weighted by Gasteiger charge is 2.28. The number of carbonyl (C=O) groups excluding carboxylic acids is 1. The van der Waals surface area contributed by atoms with E-state index in [1.54, 1.807) is 24.3 Å². The molecule has 0 saturated carbocycles. The van der Waals surface area contributed by atoms with Crippen molar-refractivity contribution in [2.24, 2.45) is 0 Å². The van der Waals surface area contributed by atoms with Gasteiger partial charge < -0.3 is 5.32 Å². The normalized spacial score (nSPS) is 15.8. The minimum Gasteiger partial charge on any atom is -0.348 e. The first-order valence-corrected chi connectivity index (χ1v) is 12.9. The molecule has 0 heterocycles. The molecule has 1 unspecified atom stereocenters. The average molecular weight is 463 g/mol. The van der Waals surface area contributed by atoms with Gasteiger partial charge in [-0.2, -0.15) is 4.31 Å². The van der Waals surface area contributed by atoms with E-state index < -0.39 is 10.0 Å². The molecule has 0 spiro atoms. The molecule has 0 saturated heterocycles. The van der Waals surface area contributed by atoms with Gasteiger partial charge in [0.15, 0.2) is 0 Å². The molecule has 6 heteroatoms. The lowest BCUT2D eigenvalue weighted by atomic mass is 9.88. The van der Waals surface area contributed by atoms with Crippen LogP contribution in [0.25, 0.3) is 0 Å². The number of hydrogen-bond acceptors (Lipinski definition) is 3. The molecule has 172 valence electrons. The number of amides is 1. The largest absolute Gasteiger partial charge is 0.348 e. The van der Waals surface area contributed by atoms with Crippen LogP contribution in [0.4, 0.5) is 0 Å². The fourth-order valence-electron chi connectivity index (χ4n) is 4.35. The van der Waals surface area contributed by atoms with Crippen LogP contribution in [0.2, 0.25) is 0 Å². The summed E-state index contributed by atoms with van der Waals surface area (Å²) in [6.07, 6.45) is 3.40. The van der Waals surface area contributed by atoms with Crippen molar-refractivity contribution in [1.82, 2.24) is 9.62 Å². The summed E-state index contributed by atoms with van der Waals surface area (Å²) in [5, 5.41) is 3.09. The third-order valence-corrected chi connectivity index (χ3v) is 8.04. The Labute approximate surface area is 196 Å². The first-order chi connectivity index (χ1) is 15.9. The van der Waals surface area contributed by atoms with Gasteiger partial charge >= 0.3 is 0 Å². The van der Waals surface area contributed by atoms with Crippen LogP contribution in [-0.4, -0.2) is 31.7 Å². The van der Waals surface area contributed by atoms with Crippen LogP contribution in [0.1, 0.15) is 41.1 Å². The van der Waals surface area contributed by atoms with Crippen LogP contribution in [0.5, 0.6) is 0 Å². The molecule has 33 heavy (non-hydrogen) atoms. The Bertz CT molecular complexity index is 1190. The van der Waals surface area contributed by atoms with Gasteiger partial charge in [0.1, 0.15) is 0 Å². The van der Waals surface area contributed by atoms with Crippen LogP contribution in [-0.2, 0) is 27.7 Å². The number of aryl methyl sites for hydroxylation is 2. The molecule has 1 amide bonds. The van der Waals surface area contributed by atoms with E-state index >= 15 is 0 Å². The van der Waals surface area contributed by atoms with Crippen LogP contribution in [0.3, 0.4) is 0 Å². The van der Waals surface area contributed by atoms with Gasteiger partial charge in [-0.3, -0.25) is 4.79 Å². The van der Waals surface area contributed by atoms with Gasteiger partial charge in [-0.1, -0.05) is 72.3 Å². The lowest BCUT2D eigenvalue weighted by Crippen LogP contribution is -2.43. The molecule has 4 rings (SSSR count). The predicted octanol–water partition coefficient (Wildman–Crippen LogP) is 4.42. The minimum absolute atomic E-state index is 0.0829. The van der Waals surface area contributed by atoms with Gasteiger partial charge in [-0.05, 0) is 61.4 Å². The number of hydrogen-bond donors (Lipinski definition) is 1. The highest BCUT2D eigenvalue weighted by molar-refractivity contribution is 7.89. The van der Waals surface area contributed by atoms with Crippen molar-refractivity contribution in [3.05, 3.63) is 101 Å². The molecule has 0 radical (unpaired) electrons. The molecule has 0 bridgehead atoms. The summed E-state index contributed by atoms with van der Waals surface area (Å²) in [6.45, 7) is 1.94. The highest BCUT2D eigenvalue weighted by atomic mass is 32.2. The molecule has 1 aliphatic rings. The smallest absolute Gasteiger partial charge is 0.243 e. The van der Waals surface area contributed by atoms with Crippen molar-refractivity contribution in [1.29, 1.82) is 0 Å². The SMILES string of the molecule is Cc1ccc(S(=O)(=O)N(CCc2ccccc2)CC(=O)NC2CCCc3ccccc32)cc1. The van der Waals surface area contributed by atoms with Crippen molar-refractivity contribution >= 4 is 15.9 Å². The monoisotopic (exact) mass is 462 g/mol. The molecule has 1 N–H and O–H groups in total. The van der Waals surface area contributed by atoms with E-state index in [1.165, 1.54) is 9.87 Å². The summed E-state index contributed by atoms with van der Waals surface area (Å²) < 4.78 is 28.2. The Kier molecular flexibility index (Phi) is 7.26. The number of benzene rings is 3. The standard InChI is InChI=1S/C27H30N2O3S/c1-21-14-16-24(17-15-21)33(31,32)29(19-18-22-8-3-2-4-9-22)20-27(30)28-26-13-7-11-23-10-5-6-12-25(23)26/h2-6,8-10,12,14-17,26H,7,11,13,18-20H2,1H3,(H,28,30). The van der Waals surface area contributed by atoms with Gasteiger partial charge in [0.05, 0.1) is 17.5 Å². The van der Waals surface area contributed by atoms with Crippen molar-refractivity contribution in [3.63, 3.8) is 0 Å². The molecular formula is C27H30N2O3S. The van der Waals surface area contributed by atoms with Crippen molar-refractivity contribution < 1.29 is 13.2 Å². The molecule has 0 aliphatic heterocycles. The number of rotatable bonds is 8. The van der Waals surface area contributed by atoms with E-state index in [2.05, 4.69) is 17.4 Å². The first kappa shape index (κ1) is 23.2. The van der Waals surface area contributed by atoms with Crippen LogP contribution in [0, 0.1) is 6.92 Å². The molecule has 0 fully saturated rings.